The molecule has 0 spiro atoms. The van der Waals surface area contributed by atoms with Gasteiger partial charge in [-0.05, 0) is 38.0 Å². The van der Waals surface area contributed by atoms with E-state index >= 15 is 0 Å². The fourth-order valence-corrected chi connectivity index (χ4v) is 2.23. The smallest absolute Gasteiger partial charge is 0.120 e. The van der Waals surface area contributed by atoms with Gasteiger partial charge in [0.1, 0.15) is 5.76 Å². The lowest BCUT2D eigenvalue weighted by Gasteiger charge is -2.13. The van der Waals surface area contributed by atoms with Crippen LogP contribution in [0.2, 0.25) is 0 Å². The van der Waals surface area contributed by atoms with Crippen LogP contribution in [-0.2, 0) is 6.54 Å². The Labute approximate surface area is 114 Å². The molecule has 0 saturated carbocycles. The Balaban J connectivity index is 1.90. The Morgan fingerprint density at radius 2 is 2.11 bits per heavy atom. The van der Waals surface area contributed by atoms with Crippen LogP contribution in [0.3, 0.4) is 0 Å². The van der Waals surface area contributed by atoms with Gasteiger partial charge in [-0.15, -0.1) is 0 Å². The molecule has 104 valence electrons. The van der Waals surface area contributed by atoms with Crippen molar-refractivity contribution >= 4 is 0 Å². The van der Waals surface area contributed by atoms with Gasteiger partial charge in [-0.25, -0.2) is 0 Å². The predicted octanol–water partition coefficient (Wildman–Crippen LogP) is 3.69. The number of rotatable bonds is 7. The summed E-state index contributed by atoms with van der Waals surface area (Å²) in [7, 11) is 0. The molecule has 0 saturated heterocycles. The van der Waals surface area contributed by atoms with Crippen LogP contribution in [0.25, 0.3) is 0 Å². The molecule has 19 heavy (non-hydrogen) atoms. The highest BCUT2D eigenvalue weighted by Crippen LogP contribution is 2.16. The van der Waals surface area contributed by atoms with Crippen molar-refractivity contribution in [3.8, 4) is 0 Å². The monoisotopic (exact) mass is 261 g/mol. The van der Waals surface area contributed by atoms with E-state index in [0.29, 0.717) is 6.04 Å². The lowest BCUT2D eigenvalue weighted by molar-refractivity contribution is 0.413. The maximum atomic E-state index is 5.37. The maximum Gasteiger partial charge on any atom is 0.120 e. The number of hydrogen-bond donors (Lipinski definition) is 1. The zero-order chi connectivity index (χ0) is 13.7. The van der Waals surface area contributed by atoms with E-state index in [4.69, 9.17) is 4.42 Å². The fourth-order valence-electron chi connectivity index (χ4n) is 2.23. The zero-order valence-corrected chi connectivity index (χ0v) is 12.0. The predicted molar refractivity (Wildman–Crippen MR) is 75.8 cm³/mol. The Kier molecular flexibility index (Phi) is 4.80. The first-order valence-electron chi connectivity index (χ1n) is 7.05. The molecule has 2 rings (SSSR count). The summed E-state index contributed by atoms with van der Waals surface area (Å²) in [5.74, 6) is 0.958. The van der Waals surface area contributed by atoms with Gasteiger partial charge in [0.15, 0.2) is 0 Å². The van der Waals surface area contributed by atoms with Crippen LogP contribution >= 0.6 is 0 Å². The van der Waals surface area contributed by atoms with Crippen LogP contribution in [0.5, 0.6) is 0 Å². The van der Waals surface area contributed by atoms with Crippen LogP contribution < -0.4 is 5.32 Å². The molecule has 0 aliphatic rings. The minimum absolute atomic E-state index is 0.202. The Bertz CT molecular complexity index is 471. The average Bonchev–Trinajstić information content (AvgIpc) is 3.09. The van der Waals surface area contributed by atoms with Crippen molar-refractivity contribution in [3.05, 3.63) is 42.1 Å². The third kappa shape index (κ3) is 3.47. The summed E-state index contributed by atoms with van der Waals surface area (Å²) >= 11 is 0. The largest absolute Gasteiger partial charge is 0.468 e. The molecule has 0 radical (unpaired) electrons. The summed E-state index contributed by atoms with van der Waals surface area (Å²) in [4.78, 5) is 0. The van der Waals surface area contributed by atoms with E-state index in [1.807, 2.05) is 12.1 Å². The van der Waals surface area contributed by atoms with Gasteiger partial charge in [-0.1, -0.05) is 13.8 Å². The van der Waals surface area contributed by atoms with Crippen molar-refractivity contribution < 1.29 is 4.42 Å². The van der Waals surface area contributed by atoms with E-state index in [0.717, 1.165) is 30.8 Å². The number of nitrogens with one attached hydrogen (secondary N) is 1. The highest BCUT2D eigenvalue weighted by Gasteiger charge is 2.10. The van der Waals surface area contributed by atoms with E-state index in [-0.39, 0.29) is 6.04 Å². The van der Waals surface area contributed by atoms with Crippen LogP contribution in [0.15, 0.2) is 35.1 Å². The number of furan rings is 1. The molecule has 0 bridgehead atoms. The second kappa shape index (κ2) is 6.57. The molecular weight excluding hydrogens is 238 g/mol. The van der Waals surface area contributed by atoms with E-state index in [9.17, 15) is 0 Å². The van der Waals surface area contributed by atoms with Gasteiger partial charge < -0.3 is 9.73 Å². The molecule has 2 aromatic heterocycles. The third-order valence-electron chi connectivity index (χ3n) is 3.54. The first-order chi connectivity index (χ1) is 9.24. The van der Waals surface area contributed by atoms with Gasteiger partial charge in [0, 0.05) is 12.7 Å². The van der Waals surface area contributed by atoms with Crippen LogP contribution in [0.1, 0.15) is 57.2 Å². The highest BCUT2D eigenvalue weighted by molar-refractivity contribution is 5.05. The van der Waals surface area contributed by atoms with E-state index in [1.165, 1.54) is 0 Å². The Hall–Kier alpha value is -1.55. The molecule has 1 atom stereocenters. The summed E-state index contributed by atoms with van der Waals surface area (Å²) in [6.45, 7) is 7.26. The van der Waals surface area contributed by atoms with Gasteiger partial charge in [0.2, 0.25) is 0 Å². The molecule has 1 unspecified atom stereocenters. The quantitative estimate of drug-likeness (QED) is 0.826. The first-order valence-corrected chi connectivity index (χ1v) is 7.05. The van der Waals surface area contributed by atoms with Crippen molar-refractivity contribution in [2.45, 2.75) is 52.2 Å². The van der Waals surface area contributed by atoms with E-state index < -0.39 is 0 Å². The topological polar surface area (TPSA) is 43.0 Å². The lowest BCUT2D eigenvalue weighted by Crippen LogP contribution is -2.18. The fraction of sp³-hybridized carbons (Fsp3) is 0.533. The molecule has 2 heterocycles. The van der Waals surface area contributed by atoms with E-state index in [1.54, 1.807) is 6.26 Å². The molecule has 0 fully saturated rings. The van der Waals surface area contributed by atoms with Gasteiger partial charge in [-0.3, -0.25) is 4.68 Å². The van der Waals surface area contributed by atoms with Gasteiger partial charge in [-0.2, -0.15) is 5.10 Å². The molecule has 0 amide bonds. The molecule has 0 aromatic carbocycles. The van der Waals surface area contributed by atoms with Crippen molar-refractivity contribution in [2.24, 2.45) is 0 Å². The summed E-state index contributed by atoms with van der Waals surface area (Å²) < 4.78 is 7.45. The molecule has 4 nitrogen and oxygen atoms in total. The lowest BCUT2D eigenvalue weighted by atomic mass is 10.2. The first kappa shape index (κ1) is 13.9. The minimum Gasteiger partial charge on any atom is -0.468 e. The van der Waals surface area contributed by atoms with Crippen molar-refractivity contribution in [1.82, 2.24) is 15.1 Å². The maximum absolute atomic E-state index is 5.37. The molecule has 4 heteroatoms. The standard InChI is InChI=1S/C15H23N3O/c1-4-14(5-2)18-9-8-13(17-18)11-16-12(3)15-7-6-10-19-15/h6-10,12,14,16H,4-5,11H2,1-3H3. The second-order valence-electron chi connectivity index (χ2n) is 4.88. The number of nitrogens with zero attached hydrogens (tertiary/aromatic N) is 2. The highest BCUT2D eigenvalue weighted by atomic mass is 16.3. The van der Waals surface area contributed by atoms with Crippen molar-refractivity contribution in [3.63, 3.8) is 0 Å². The normalized spacial score (nSPS) is 13.1. The van der Waals surface area contributed by atoms with Gasteiger partial charge in [0.05, 0.1) is 24.0 Å². The van der Waals surface area contributed by atoms with Gasteiger partial charge >= 0.3 is 0 Å². The van der Waals surface area contributed by atoms with E-state index in [2.05, 4.69) is 48.1 Å². The second-order valence-corrected chi connectivity index (χ2v) is 4.88. The Morgan fingerprint density at radius 3 is 2.74 bits per heavy atom. The summed E-state index contributed by atoms with van der Waals surface area (Å²) in [6.07, 6.45) is 6.02. The van der Waals surface area contributed by atoms with Gasteiger partial charge in [0.25, 0.3) is 0 Å². The zero-order valence-electron chi connectivity index (χ0n) is 12.0. The summed E-state index contributed by atoms with van der Waals surface area (Å²) in [5.41, 5.74) is 1.07. The Morgan fingerprint density at radius 1 is 1.32 bits per heavy atom. The van der Waals surface area contributed by atoms with Crippen LogP contribution in [0.4, 0.5) is 0 Å². The molecule has 0 aliphatic carbocycles. The molecule has 1 N–H and O–H groups in total. The van der Waals surface area contributed by atoms with Crippen LogP contribution in [-0.4, -0.2) is 9.78 Å². The number of hydrogen-bond acceptors (Lipinski definition) is 3. The number of aromatic nitrogens is 2. The third-order valence-corrected chi connectivity index (χ3v) is 3.54. The summed E-state index contributed by atoms with van der Waals surface area (Å²) in [5, 5.41) is 8.05. The molecule has 0 aliphatic heterocycles. The van der Waals surface area contributed by atoms with Crippen molar-refractivity contribution in [2.75, 3.05) is 0 Å². The SMILES string of the molecule is CCC(CC)n1ccc(CNC(C)c2ccco2)n1. The molecular formula is C15H23N3O. The van der Waals surface area contributed by atoms with Crippen LogP contribution in [0, 0.1) is 0 Å². The molecule has 2 aromatic rings. The van der Waals surface area contributed by atoms with Crippen molar-refractivity contribution in [1.29, 1.82) is 0 Å². The summed E-state index contributed by atoms with van der Waals surface area (Å²) in [6, 6.07) is 6.69. The minimum atomic E-state index is 0.202. The average molecular weight is 261 g/mol.